The van der Waals surface area contributed by atoms with E-state index in [4.69, 9.17) is 5.73 Å². The van der Waals surface area contributed by atoms with Crippen molar-refractivity contribution in [2.75, 3.05) is 26.2 Å². The van der Waals surface area contributed by atoms with Gasteiger partial charge in [0.05, 0.1) is 6.54 Å². The quantitative estimate of drug-likeness (QED) is 0.808. The maximum Gasteiger partial charge on any atom is 0.237 e. The van der Waals surface area contributed by atoms with E-state index in [2.05, 4.69) is 35.8 Å². The molecule has 0 aromatic heterocycles. The first-order chi connectivity index (χ1) is 11.5. The lowest BCUT2D eigenvalue weighted by atomic mass is 9.90. The van der Waals surface area contributed by atoms with E-state index in [1.165, 1.54) is 18.4 Å². The fourth-order valence-electron chi connectivity index (χ4n) is 3.78. The zero-order valence-corrected chi connectivity index (χ0v) is 16.3. The number of carbonyl (C=O) groups is 1. The normalized spacial score (nSPS) is 24.6. The molecule has 1 heterocycles. The molecule has 3 rings (SSSR count). The van der Waals surface area contributed by atoms with Gasteiger partial charge in [0.2, 0.25) is 5.91 Å². The highest BCUT2D eigenvalue weighted by atomic mass is 35.5. The van der Waals surface area contributed by atoms with E-state index < -0.39 is 0 Å². The molecule has 2 N–H and O–H groups in total. The van der Waals surface area contributed by atoms with Crippen LogP contribution in [0, 0.1) is 11.3 Å². The number of hydrogen-bond acceptors (Lipinski definition) is 3. The Kier molecular flexibility index (Phi) is 6.89. The van der Waals surface area contributed by atoms with Crippen molar-refractivity contribution >= 4 is 18.3 Å². The number of halogens is 1. The van der Waals surface area contributed by atoms with Gasteiger partial charge in [0.25, 0.3) is 0 Å². The monoisotopic (exact) mass is 365 g/mol. The van der Waals surface area contributed by atoms with Crippen LogP contribution in [0.25, 0.3) is 0 Å². The molecular weight excluding hydrogens is 334 g/mol. The maximum atomic E-state index is 13.0. The minimum Gasteiger partial charge on any atom is -0.334 e. The van der Waals surface area contributed by atoms with Gasteiger partial charge in [-0.3, -0.25) is 9.69 Å². The standard InChI is InChI=1S/C20H31N3O.ClH/c1-16(18-8-9-18)23(12-17-6-4-3-5-7-17)19(24)13-22-11-10-20(2,14-21)15-22;/h3-7,16,18H,8-15,21H2,1-2H3;1H. The van der Waals surface area contributed by atoms with E-state index in [0.29, 0.717) is 25.0 Å². The largest absolute Gasteiger partial charge is 0.334 e. The predicted octanol–water partition coefficient (Wildman–Crippen LogP) is 2.91. The minimum absolute atomic E-state index is 0. The highest BCUT2D eigenvalue weighted by Gasteiger charge is 2.37. The molecule has 1 aromatic rings. The number of nitrogens with zero attached hydrogens (tertiary/aromatic N) is 2. The van der Waals surface area contributed by atoms with Crippen LogP contribution < -0.4 is 5.73 Å². The third kappa shape index (κ3) is 5.19. The van der Waals surface area contributed by atoms with Crippen LogP contribution in [0.2, 0.25) is 0 Å². The number of carbonyl (C=O) groups excluding carboxylic acids is 1. The molecule has 1 saturated heterocycles. The zero-order chi connectivity index (χ0) is 17.2. The maximum absolute atomic E-state index is 13.0. The number of benzene rings is 1. The molecule has 0 radical (unpaired) electrons. The van der Waals surface area contributed by atoms with Crippen LogP contribution in [0.1, 0.15) is 38.7 Å². The van der Waals surface area contributed by atoms with Crippen LogP contribution in [0.5, 0.6) is 0 Å². The van der Waals surface area contributed by atoms with Gasteiger partial charge in [-0.05, 0) is 56.2 Å². The van der Waals surface area contributed by atoms with Crippen LogP contribution in [-0.4, -0.2) is 47.9 Å². The van der Waals surface area contributed by atoms with Crippen LogP contribution in [0.3, 0.4) is 0 Å². The summed E-state index contributed by atoms with van der Waals surface area (Å²) in [5.41, 5.74) is 7.28. The Labute approximate surface area is 158 Å². The van der Waals surface area contributed by atoms with E-state index in [1.807, 2.05) is 18.2 Å². The van der Waals surface area contributed by atoms with Gasteiger partial charge in [0.15, 0.2) is 0 Å². The first-order valence-corrected chi connectivity index (χ1v) is 9.26. The molecule has 25 heavy (non-hydrogen) atoms. The van der Waals surface area contributed by atoms with Crippen LogP contribution in [-0.2, 0) is 11.3 Å². The van der Waals surface area contributed by atoms with Gasteiger partial charge in [-0.25, -0.2) is 0 Å². The summed E-state index contributed by atoms with van der Waals surface area (Å²) in [7, 11) is 0. The molecule has 4 nitrogen and oxygen atoms in total. The molecule has 2 atom stereocenters. The van der Waals surface area contributed by atoms with E-state index in [0.717, 1.165) is 26.1 Å². The third-order valence-electron chi connectivity index (χ3n) is 5.80. The molecule has 1 amide bonds. The van der Waals surface area contributed by atoms with Crippen molar-refractivity contribution in [3.63, 3.8) is 0 Å². The van der Waals surface area contributed by atoms with Crippen LogP contribution in [0.15, 0.2) is 30.3 Å². The Morgan fingerprint density at radius 2 is 2.04 bits per heavy atom. The summed E-state index contributed by atoms with van der Waals surface area (Å²) in [6, 6.07) is 10.7. The number of nitrogens with two attached hydrogens (primary N) is 1. The molecule has 1 aromatic carbocycles. The van der Waals surface area contributed by atoms with Crippen molar-refractivity contribution in [3.8, 4) is 0 Å². The zero-order valence-electron chi connectivity index (χ0n) is 15.5. The first-order valence-electron chi connectivity index (χ1n) is 9.26. The van der Waals surface area contributed by atoms with Crippen molar-refractivity contribution in [1.29, 1.82) is 0 Å². The van der Waals surface area contributed by atoms with Crippen molar-refractivity contribution < 1.29 is 4.79 Å². The van der Waals surface area contributed by atoms with Crippen LogP contribution >= 0.6 is 12.4 Å². The Morgan fingerprint density at radius 3 is 2.60 bits per heavy atom. The fourth-order valence-corrected chi connectivity index (χ4v) is 3.78. The molecule has 1 aliphatic carbocycles. The van der Waals surface area contributed by atoms with Crippen molar-refractivity contribution in [2.24, 2.45) is 17.1 Å². The second-order valence-corrected chi connectivity index (χ2v) is 8.06. The molecule has 140 valence electrons. The smallest absolute Gasteiger partial charge is 0.237 e. The van der Waals surface area contributed by atoms with E-state index in [1.54, 1.807) is 0 Å². The summed E-state index contributed by atoms with van der Waals surface area (Å²) in [5.74, 6) is 0.949. The van der Waals surface area contributed by atoms with E-state index in [-0.39, 0.29) is 23.7 Å². The summed E-state index contributed by atoms with van der Waals surface area (Å²) in [5, 5.41) is 0. The molecule has 2 fully saturated rings. The predicted molar refractivity (Wildman–Crippen MR) is 105 cm³/mol. The first kappa shape index (κ1) is 20.2. The summed E-state index contributed by atoms with van der Waals surface area (Å²) >= 11 is 0. The Morgan fingerprint density at radius 1 is 1.36 bits per heavy atom. The lowest BCUT2D eigenvalue weighted by molar-refractivity contribution is -0.135. The van der Waals surface area contributed by atoms with Gasteiger partial charge in [0.1, 0.15) is 0 Å². The number of hydrogen-bond donors (Lipinski definition) is 1. The van der Waals surface area contributed by atoms with Crippen LogP contribution in [0.4, 0.5) is 0 Å². The number of rotatable bonds is 7. The molecule has 1 saturated carbocycles. The Bertz CT molecular complexity index is 563. The molecule has 1 aliphatic heterocycles. The van der Waals surface area contributed by atoms with Gasteiger partial charge in [-0.15, -0.1) is 12.4 Å². The third-order valence-corrected chi connectivity index (χ3v) is 5.80. The molecular formula is C20H32ClN3O. The van der Waals surface area contributed by atoms with Gasteiger partial charge in [-0.1, -0.05) is 37.3 Å². The van der Waals surface area contributed by atoms with Crippen molar-refractivity contribution in [1.82, 2.24) is 9.80 Å². The topological polar surface area (TPSA) is 49.6 Å². The summed E-state index contributed by atoms with van der Waals surface area (Å²) in [4.78, 5) is 17.4. The van der Waals surface area contributed by atoms with E-state index in [9.17, 15) is 4.79 Å². The summed E-state index contributed by atoms with van der Waals surface area (Å²) in [6.07, 6.45) is 3.61. The lowest BCUT2D eigenvalue weighted by Crippen LogP contribution is -2.45. The van der Waals surface area contributed by atoms with Gasteiger partial charge in [-0.2, -0.15) is 0 Å². The van der Waals surface area contributed by atoms with Gasteiger partial charge < -0.3 is 10.6 Å². The van der Waals surface area contributed by atoms with Gasteiger partial charge in [0, 0.05) is 19.1 Å². The molecule has 0 bridgehead atoms. The average Bonchev–Trinajstić information content (AvgIpc) is 3.37. The molecule has 2 unspecified atom stereocenters. The average molecular weight is 366 g/mol. The van der Waals surface area contributed by atoms with Crippen molar-refractivity contribution in [2.45, 2.75) is 45.7 Å². The highest BCUT2D eigenvalue weighted by Crippen LogP contribution is 2.36. The van der Waals surface area contributed by atoms with Gasteiger partial charge >= 0.3 is 0 Å². The number of likely N-dealkylation sites (tertiary alicyclic amines) is 1. The fraction of sp³-hybridized carbons (Fsp3) is 0.650. The molecule has 0 spiro atoms. The molecule has 5 heteroatoms. The molecule has 2 aliphatic rings. The second kappa shape index (κ2) is 8.52. The lowest BCUT2D eigenvalue weighted by Gasteiger charge is -2.31. The SMILES string of the molecule is CC(C1CC1)N(Cc1ccccc1)C(=O)CN1CCC(C)(CN)C1.Cl. The minimum atomic E-state index is 0. The summed E-state index contributed by atoms with van der Waals surface area (Å²) in [6.45, 7) is 8.31. The Hall–Kier alpha value is -1.10. The highest BCUT2D eigenvalue weighted by molar-refractivity contribution is 5.85. The summed E-state index contributed by atoms with van der Waals surface area (Å²) < 4.78 is 0. The second-order valence-electron chi connectivity index (χ2n) is 8.06. The van der Waals surface area contributed by atoms with E-state index >= 15 is 0 Å². The van der Waals surface area contributed by atoms with Crippen molar-refractivity contribution in [3.05, 3.63) is 35.9 Å². The Balaban J connectivity index is 0.00000225. The number of amides is 1.